The van der Waals surface area contributed by atoms with Gasteiger partial charge in [0.05, 0.1) is 22.9 Å². The van der Waals surface area contributed by atoms with E-state index < -0.39 is 0 Å². The van der Waals surface area contributed by atoms with Crippen LogP contribution in [0.25, 0.3) is 43.8 Å². The molecular weight excluding hydrogens is 328 g/mol. The minimum absolute atomic E-state index is 0.717. The Morgan fingerprint density at radius 2 is 1.16 bits per heavy atom. The normalized spacial score (nSPS) is 11.4. The minimum atomic E-state index is 0.717. The maximum absolute atomic E-state index is 6.00. The Labute approximate surface area is 149 Å². The minimum Gasteiger partial charge on any atom is -0.252 e. The van der Waals surface area contributed by atoms with Crippen molar-refractivity contribution in [2.24, 2.45) is 0 Å². The second-order valence-electron chi connectivity index (χ2n) is 6.05. The van der Waals surface area contributed by atoms with E-state index in [4.69, 9.17) is 21.6 Å². The molecule has 0 saturated carbocycles. The van der Waals surface area contributed by atoms with Crippen molar-refractivity contribution < 1.29 is 0 Å². The highest BCUT2D eigenvalue weighted by Gasteiger charge is 2.11. The molecule has 118 valence electrons. The average Bonchev–Trinajstić information content (AvgIpc) is 2.68. The Hall–Kier alpha value is -2.97. The molecule has 25 heavy (non-hydrogen) atoms. The lowest BCUT2D eigenvalue weighted by molar-refractivity contribution is 1.31. The van der Waals surface area contributed by atoms with Crippen LogP contribution < -0.4 is 0 Å². The molecule has 0 bridgehead atoms. The number of fused-ring (bicyclic) bond motifs is 6. The third-order valence-electron chi connectivity index (χ3n) is 4.57. The van der Waals surface area contributed by atoms with E-state index in [2.05, 4.69) is 36.4 Å². The lowest BCUT2D eigenvalue weighted by Gasteiger charge is -2.10. The molecule has 0 amide bonds. The first kappa shape index (κ1) is 14.4. The summed E-state index contributed by atoms with van der Waals surface area (Å²) in [6, 6.07) is 24.4. The van der Waals surface area contributed by atoms with Gasteiger partial charge in [0, 0.05) is 21.4 Å². The van der Waals surface area contributed by atoms with Gasteiger partial charge in [-0.25, -0.2) is 4.98 Å². The Morgan fingerprint density at radius 3 is 1.80 bits per heavy atom. The molecular formula is C22H13ClN2. The largest absolute Gasteiger partial charge is 0.252 e. The Morgan fingerprint density at radius 1 is 0.600 bits per heavy atom. The van der Waals surface area contributed by atoms with Gasteiger partial charge in [-0.3, -0.25) is 4.98 Å². The van der Waals surface area contributed by atoms with Crippen LogP contribution in [0.1, 0.15) is 0 Å². The van der Waals surface area contributed by atoms with Gasteiger partial charge in [0.15, 0.2) is 0 Å². The zero-order valence-corrected chi connectivity index (χ0v) is 14.0. The predicted octanol–water partition coefficient (Wildman–Crippen LogP) is 6.26. The average molecular weight is 341 g/mol. The van der Waals surface area contributed by atoms with Crippen LogP contribution in [0.2, 0.25) is 5.02 Å². The standard InChI is InChI=1S/C22H13ClN2/c23-15-11-9-14(10-12-15)20-13-24-21-18-7-3-1-5-16(18)17-6-2-4-8-19(17)22(21)25-20/h1-13H. The Kier molecular flexibility index (Phi) is 3.19. The van der Waals surface area contributed by atoms with E-state index in [0.717, 1.165) is 33.1 Å². The van der Waals surface area contributed by atoms with Crippen LogP contribution in [0.15, 0.2) is 79.0 Å². The highest BCUT2D eigenvalue weighted by molar-refractivity contribution is 6.30. The van der Waals surface area contributed by atoms with Gasteiger partial charge in [0.1, 0.15) is 0 Å². The molecule has 0 N–H and O–H groups in total. The quantitative estimate of drug-likeness (QED) is 0.337. The van der Waals surface area contributed by atoms with E-state index in [0.29, 0.717) is 5.02 Å². The van der Waals surface area contributed by atoms with E-state index in [-0.39, 0.29) is 0 Å². The molecule has 1 heterocycles. The van der Waals surface area contributed by atoms with Gasteiger partial charge in [-0.05, 0) is 22.9 Å². The van der Waals surface area contributed by atoms with Gasteiger partial charge in [-0.15, -0.1) is 0 Å². The molecule has 0 aliphatic heterocycles. The summed E-state index contributed by atoms with van der Waals surface area (Å²) in [7, 11) is 0. The third kappa shape index (κ3) is 2.26. The molecule has 5 rings (SSSR count). The van der Waals surface area contributed by atoms with Crippen LogP contribution >= 0.6 is 11.6 Å². The zero-order chi connectivity index (χ0) is 16.8. The SMILES string of the molecule is Clc1ccc(-c2cnc3c4ccccc4c4ccccc4c3n2)cc1. The van der Waals surface area contributed by atoms with Crippen LogP contribution in [0.3, 0.4) is 0 Å². The molecule has 3 heteroatoms. The first-order valence-corrected chi connectivity index (χ1v) is 8.51. The fourth-order valence-electron chi connectivity index (χ4n) is 3.38. The van der Waals surface area contributed by atoms with E-state index >= 15 is 0 Å². The molecule has 0 fully saturated rings. The van der Waals surface area contributed by atoms with E-state index in [1.54, 1.807) is 0 Å². The molecule has 0 aliphatic rings. The van der Waals surface area contributed by atoms with Crippen LogP contribution in [-0.2, 0) is 0 Å². The summed E-state index contributed by atoms with van der Waals surface area (Å²) >= 11 is 6.00. The second-order valence-corrected chi connectivity index (χ2v) is 6.49. The molecule has 0 spiro atoms. The first-order chi connectivity index (χ1) is 12.3. The monoisotopic (exact) mass is 340 g/mol. The van der Waals surface area contributed by atoms with Crippen LogP contribution in [0.5, 0.6) is 0 Å². The molecule has 2 nitrogen and oxygen atoms in total. The van der Waals surface area contributed by atoms with E-state index in [9.17, 15) is 0 Å². The number of rotatable bonds is 1. The van der Waals surface area contributed by atoms with Crippen LogP contribution in [-0.4, -0.2) is 9.97 Å². The van der Waals surface area contributed by atoms with Crippen molar-refractivity contribution in [3.05, 3.63) is 84.0 Å². The van der Waals surface area contributed by atoms with Gasteiger partial charge in [0.25, 0.3) is 0 Å². The fourth-order valence-corrected chi connectivity index (χ4v) is 3.51. The molecule has 5 aromatic rings. The molecule has 4 aromatic carbocycles. The molecule has 1 aromatic heterocycles. The van der Waals surface area contributed by atoms with Crippen LogP contribution in [0.4, 0.5) is 0 Å². The summed E-state index contributed by atoms with van der Waals surface area (Å²) in [5.74, 6) is 0. The van der Waals surface area contributed by atoms with Crippen molar-refractivity contribution in [1.82, 2.24) is 9.97 Å². The first-order valence-electron chi connectivity index (χ1n) is 8.13. The van der Waals surface area contributed by atoms with Crippen molar-refractivity contribution in [2.75, 3.05) is 0 Å². The Bertz CT molecular complexity index is 1210. The van der Waals surface area contributed by atoms with Gasteiger partial charge in [0.2, 0.25) is 0 Å². The lowest BCUT2D eigenvalue weighted by atomic mass is 9.99. The number of nitrogens with zero attached hydrogens (tertiary/aromatic N) is 2. The number of hydrogen-bond acceptors (Lipinski definition) is 2. The third-order valence-corrected chi connectivity index (χ3v) is 4.82. The summed E-state index contributed by atoms with van der Waals surface area (Å²) in [5.41, 5.74) is 3.73. The van der Waals surface area contributed by atoms with E-state index in [1.165, 1.54) is 10.8 Å². The number of benzene rings is 4. The second kappa shape index (κ2) is 5.54. The summed E-state index contributed by atoms with van der Waals surface area (Å²) in [4.78, 5) is 9.71. The topological polar surface area (TPSA) is 25.8 Å². The van der Waals surface area contributed by atoms with Gasteiger partial charge in [-0.1, -0.05) is 72.3 Å². The lowest BCUT2D eigenvalue weighted by Crippen LogP contribution is -1.92. The van der Waals surface area contributed by atoms with Crippen molar-refractivity contribution in [3.8, 4) is 11.3 Å². The summed E-state index contributed by atoms with van der Waals surface area (Å²) < 4.78 is 0. The van der Waals surface area contributed by atoms with Crippen molar-refractivity contribution in [3.63, 3.8) is 0 Å². The molecule has 0 aliphatic carbocycles. The molecule has 0 saturated heterocycles. The smallest absolute Gasteiger partial charge is 0.0979 e. The highest BCUT2D eigenvalue weighted by atomic mass is 35.5. The highest BCUT2D eigenvalue weighted by Crippen LogP contribution is 2.33. The molecule has 0 atom stereocenters. The molecule has 0 radical (unpaired) electrons. The van der Waals surface area contributed by atoms with Crippen molar-refractivity contribution >= 4 is 44.2 Å². The molecule has 0 unspecified atom stereocenters. The van der Waals surface area contributed by atoms with E-state index in [1.807, 2.05) is 42.6 Å². The maximum Gasteiger partial charge on any atom is 0.0979 e. The van der Waals surface area contributed by atoms with Crippen molar-refractivity contribution in [1.29, 1.82) is 0 Å². The van der Waals surface area contributed by atoms with Gasteiger partial charge in [-0.2, -0.15) is 0 Å². The summed E-state index contributed by atoms with van der Waals surface area (Å²) in [5, 5.41) is 5.38. The number of halogens is 1. The summed E-state index contributed by atoms with van der Waals surface area (Å²) in [6.07, 6.45) is 1.84. The van der Waals surface area contributed by atoms with Gasteiger partial charge < -0.3 is 0 Å². The fraction of sp³-hybridized carbons (Fsp3) is 0. The zero-order valence-electron chi connectivity index (χ0n) is 13.3. The van der Waals surface area contributed by atoms with Gasteiger partial charge >= 0.3 is 0 Å². The predicted molar refractivity (Wildman–Crippen MR) is 105 cm³/mol. The van der Waals surface area contributed by atoms with Crippen LogP contribution in [0, 0.1) is 0 Å². The number of aromatic nitrogens is 2. The Balaban J connectivity index is 1.91. The number of hydrogen-bond donors (Lipinski definition) is 0. The van der Waals surface area contributed by atoms with Crippen molar-refractivity contribution in [2.45, 2.75) is 0 Å². The summed E-state index contributed by atoms with van der Waals surface area (Å²) in [6.45, 7) is 0. The maximum atomic E-state index is 6.00.